The van der Waals surface area contributed by atoms with Crippen LogP contribution in [-0.2, 0) is 9.59 Å². The zero-order chi connectivity index (χ0) is 13.8. The van der Waals surface area contributed by atoms with Crippen LogP contribution in [0.1, 0.15) is 19.3 Å². The van der Waals surface area contributed by atoms with Gasteiger partial charge in [0, 0.05) is 44.1 Å². The normalized spacial score (nSPS) is 23.6. The summed E-state index contributed by atoms with van der Waals surface area (Å²) in [5, 5.41) is 2.88. The van der Waals surface area contributed by atoms with Crippen LogP contribution in [0.5, 0.6) is 0 Å². The predicted molar refractivity (Wildman–Crippen MR) is 73.5 cm³/mol. The Labute approximate surface area is 114 Å². The van der Waals surface area contributed by atoms with E-state index >= 15 is 0 Å². The second-order valence-electron chi connectivity index (χ2n) is 5.76. The van der Waals surface area contributed by atoms with Crippen molar-refractivity contribution >= 4 is 11.8 Å². The van der Waals surface area contributed by atoms with E-state index in [4.69, 9.17) is 0 Å². The first kappa shape index (κ1) is 14.1. The molecule has 1 atom stereocenters. The van der Waals surface area contributed by atoms with Gasteiger partial charge in [0.05, 0.1) is 0 Å². The SMILES string of the molecule is CN(C)C/C=C/C(=O)NCC1CC(=O)N(C2CC2)C1. The van der Waals surface area contributed by atoms with Crippen LogP contribution in [0.25, 0.3) is 0 Å². The maximum atomic E-state index is 11.8. The van der Waals surface area contributed by atoms with Gasteiger partial charge in [-0.15, -0.1) is 0 Å². The number of carbonyl (C=O) groups excluding carboxylic acids is 2. The van der Waals surface area contributed by atoms with E-state index < -0.39 is 0 Å². The minimum absolute atomic E-state index is 0.0702. The number of hydrogen-bond donors (Lipinski definition) is 1. The molecule has 1 saturated carbocycles. The Bertz CT molecular complexity index is 375. The quantitative estimate of drug-likeness (QED) is 0.700. The van der Waals surface area contributed by atoms with Gasteiger partial charge in [0.1, 0.15) is 0 Å². The largest absolute Gasteiger partial charge is 0.352 e. The van der Waals surface area contributed by atoms with Gasteiger partial charge < -0.3 is 15.1 Å². The Morgan fingerprint density at radius 1 is 1.47 bits per heavy atom. The van der Waals surface area contributed by atoms with Gasteiger partial charge in [0.15, 0.2) is 0 Å². The molecule has 0 bridgehead atoms. The van der Waals surface area contributed by atoms with Gasteiger partial charge in [-0.25, -0.2) is 0 Å². The third-order valence-corrected chi connectivity index (χ3v) is 3.53. The monoisotopic (exact) mass is 265 g/mol. The van der Waals surface area contributed by atoms with E-state index in [1.165, 1.54) is 0 Å². The minimum Gasteiger partial charge on any atom is -0.352 e. The number of carbonyl (C=O) groups is 2. The molecule has 0 spiro atoms. The molecule has 106 valence electrons. The third-order valence-electron chi connectivity index (χ3n) is 3.53. The number of amides is 2. The molecule has 2 rings (SSSR count). The minimum atomic E-state index is -0.0702. The third kappa shape index (κ3) is 4.35. The van der Waals surface area contributed by atoms with Crippen LogP contribution in [0.15, 0.2) is 12.2 Å². The second-order valence-corrected chi connectivity index (χ2v) is 5.76. The van der Waals surface area contributed by atoms with Crippen LogP contribution >= 0.6 is 0 Å². The van der Waals surface area contributed by atoms with Crippen molar-refractivity contribution in [2.45, 2.75) is 25.3 Å². The van der Waals surface area contributed by atoms with Crippen molar-refractivity contribution in [1.29, 1.82) is 0 Å². The fourth-order valence-electron chi connectivity index (χ4n) is 2.36. The lowest BCUT2D eigenvalue weighted by Crippen LogP contribution is -2.31. The summed E-state index contributed by atoms with van der Waals surface area (Å²) in [5.41, 5.74) is 0. The van der Waals surface area contributed by atoms with Gasteiger partial charge in [-0.3, -0.25) is 9.59 Å². The zero-order valence-corrected chi connectivity index (χ0v) is 11.8. The first-order valence-corrected chi connectivity index (χ1v) is 6.95. The smallest absolute Gasteiger partial charge is 0.243 e. The number of likely N-dealkylation sites (N-methyl/N-ethyl adjacent to an activating group) is 1. The van der Waals surface area contributed by atoms with Gasteiger partial charge in [0.2, 0.25) is 11.8 Å². The summed E-state index contributed by atoms with van der Waals surface area (Å²) in [6.07, 6.45) is 6.29. The average Bonchev–Trinajstić information content (AvgIpc) is 3.10. The van der Waals surface area contributed by atoms with Gasteiger partial charge >= 0.3 is 0 Å². The lowest BCUT2D eigenvalue weighted by atomic mass is 10.1. The summed E-state index contributed by atoms with van der Waals surface area (Å²) in [5.74, 6) is 0.461. The molecule has 5 heteroatoms. The summed E-state index contributed by atoms with van der Waals surface area (Å²) in [7, 11) is 3.91. The molecule has 1 aliphatic heterocycles. The standard InChI is InChI=1S/C14H23N3O2/c1-16(2)7-3-4-13(18)15-9-11-8-14(19)17(10-11)12-5-6-12/h3-4,11-12H,5-10H2,1-2H3,(H,15,18)/b4-3+. The summed E-state index contributed by atoms with van der Waals surface area (Å²) < 4.78 is 0. The molecule has 1 N–H and O–H groups in total. The van der Waals surface area contributed by atoms with Crippen molar-refractivity contribution in [2.24, 2.45) is 5.92 Å². The number of likely N-dealkylation sites (tertiary alicyclic amines) is 1. The first-order chi connectivity index (χ1) is 9.06. The molecule has 0 aromatic carbocycles. The molecule has 2 aliphatic rings. The Morgan fingerprint density at radius 2 is 2.21 bits per heavy atom. The highest BCUT2D eigenvalue weighted by atomic mass is 16.2. The van der Waals surface area contributed by atoms with Gasteiger partial charge in [-0.1, -0.05) is 6.08 Å². The number of nitrogens with zero attached hydrogens (tertiary/aromatic N) is 2. The highest BCUT2D eigenvalue weighted by molar-refractivity contribution is 5.87. The summed E-state index contributed by atoms with van der Waals surface area (Å²) in [6, 6.07) is 0.494. The highest BCUT2D eigenvalue weighted by Gasteiger charge is 2.39. The Kier molecular flexibility index (Phi) is 4.58. The van der Waals surface area contributed by atoms with Crippen LogP contribution in [0.4, 0.5) is 0 Å². The molecule has 1 aliphatic carbocycles. The molecule has 1 saturated heterocycles. The van der Waals surface area contributed by atoms with Gasteiger partial charge in [-0.2, -0.15) is 0 Å². The van der Waals surface area contributed by atoms with Crippen LogP contribution in [0.2, 0.25) is 0 Å². The van der Waals surface area contributed by atoms with E-state index in [9.17, 15) is 9.59 Å². The van der Waals surface area contributed by atoms with Crippen LogP contribution < -0.4 is 5.32 Å². The predicted octanol–water partition coefficient (Wildman–Crippen LogP) is 0.231. The van der Waals surface area contributed by atoms with E-state index in [1.54, 1.807) is 6.08 Å². The maximum absolute atomic E-state index is 11.8. The van der Waals surface area contributed by atoms with E-state index in [0.717, 1.165) is 25.9 Å². The Morgan fingerprint density at radius 3 is 2.84 bits per heavy atom. The topological polar surface area (TPSA) is 52.7 Å². The zero-order valence-electron chi connectivity index (χ0n) is 11.8. The number of nitrogens with one attached hydrogen (secondary N) is 1. The van der Waals surface area contributed by atoms with Crippen molar-refractivity contribution < 1.29 is 9.59 Å². The maximum Gasteiger partial charge on any atom is 0.243 e. The van der Waals surface area contributed by atoms with Crippen LogP contribution in [-0.4, -0.2) is 61.4 Å². The molecule has 0 aromatic heterocycles. The van der Waals surface area contributed by atoms with E-state index in [0.29, 0.717) is 19.0 Å². The lowest BCUT2D eigenvalue weighted by molar-refractivity contribution is -0.128. The molecule has 5 nitrogen and oxygen atoms in total. The van der Waals surface area contributed by atoms with Gasteiger partial charge in [-0.05, 0) is 26.9 Å². The fourth-order valence-corrected chi connectivity index (χ4v) is 2.36. The van der Waals surface area contributed by atoms with Crippen molar-refractivity contribution in [3.05, 3.63) is 12.2 Å². The molecule has 0 aromatic rings. The molecule has 19 heavy (non-hydrogen) atoms. The lowest BCUT2D eigenvalue weighted by Gasteiger charge is -2.15. The summed E-state index contributed by atoms with van der Waals surface area (Å²) in [6.45, 7) is 2.16. The van der Waals surface area contributed by atoms with Crippen molar-refractivity contribution in [1.82, 2.24) is 15.1 Å². The Hall–Kier alpha value is -1.36. The Balaban J connectivity index is 1.67. The van der Waals surface area contributed by atoms with Crippen molar-refractivity contribution in [3.63, 3.8) is 0 Å². The summed E-state index contributed by atoms with van der Waals surface area (Å²) in [4.78, 5) is 27.3. The molecule has 2 fully saturated rings. The molecule has 1 heterocycles. The summed E-state index contributed by atoms with van der Waals surface area (Å²) >= 11 is 0. The van der Waals surface area contributed by atoms with Gasteiger partial charge in [0.25, 0.3) is 0 Å². The van der Waals surface area contributed by atoms with Crippen LogP contribution in [0, 0.1) is 5.92 Å². The van der Waals surface area contributed by atoms with E-state index in [2.05, 4.69) is 5.32 Å². The van der Waals surface area contributed by atoms with Crippen LogP contribution in [0.3, 0.4) is 0 Å². The first-order valence-electron chi connectivity index (χ1n) is 6.95. The molecule has 0 radical (unpaired) electrons. The molecular formula is C14H23N3O2. The van der Waals surface area contributed by atoms with Crippen molar-refractivity contribution in [3.8, 4) is 0 Å². The van der Waals surface area contributed by atoms with E-state index in [-0.39, 0.29) is 17.7 Å². The molecule has 1 unspecified atom stereocenters. The average molecular weight is 265 g/mol. The number of rotatable bonds is 6. The van der Waals surface area contributed by atoms with Crippen molar-refractivity contribution in [2.75, 3.05) is 33.7 Å². The van der Waals surface area contributed by atoms with E-state index in [1.807, 2.05) is 30.0 Å². The molecule has 2 amide bonds. The number of hydrogen-bond acceptors (Lipinski definition) is 3. The second kappa shape index (κ2) is 6.19. The molecular weight excluding hydrogens is 242 g/mol. The highest BCUT2D eigenvalue weighted by Crippen LogP contribution is 2.32. The fraction of sp³-hybridized carbons (Fsp3) is 0.714.